The van der Waals surface area contributed by atoms with E-state index in [2.05, 4.69) is 20.5 Å². The van der Waals surface area contributed by atoms with E-state index in [0.717, 1.165) is 5.69 Å². The molecule has 2 heterocycles. The second kappa shape index (κ2) is 3.37. The fourth-order valence-electron chi connectivity index (χ4n) is 1.14. The summed E-state index contributed by atoms with van der Waals surface area (Å²) < 4.78 is 0. The summed E-state index contributed by atoms with van der Waals surface area (Å²) in [6, 6.07) is 5.24. The van der Waals surface area contributed by atoms with E-state index in [-0.39, 0.29) is 5.91 Å². The van der Waals surface area contributed by atoms with Gasteiger partial charge in [0.15, 0.2) is 5.82 Å². The molecule has 0 aromatic carbocycles. The van der Waals surface area contributed by atoms with Crippen LogP contribution in [0.4, 0.5) is 5.82 Å². The summed E-state index contributed by atoms with van der Waals surface area (Å²) >= 11 is 0. The van der Waals surface area contributed by atoms with Gasteiger partial charge in [-0.25, -0.2) is 0 Å². The van der Waals surface area contributed by atoms with Gasteiger partial charge in [0.2, 0.25) is 0 Å². The van der Waals surface area contributed by atoms with Gasteiger partial charge >= 0.3 is 0 Å². The van der Waals surface area contributed by atoms with Gasteiger partial charge in [0.25, 0.3) is 5.91 Å². The van der Waals surface area contributed by atoms with Crippen molar-refractivity contribution >= 4 is 11.7 Å². The number of carbonyl (C=O) groups excluding carboxylic acids is 1. The molecular weight excluding hydrogens is 180 g/mol. The standard InChI is InChI=1S/C9H10N4O/c1-6-5-8(13-12-6)11-9(14)7-3-2-4-10-7/h2-5,10H,1H3,(H2,11,12,13,14). The van der Waals surface area contributed by atoms with Crippen LogP contribution in [-0.2, 0) is 0 Å². The fraction of sp³-hybridized carbons (Fsp3) is 0.111. The molecule has 0 aliphatic rings. The van der Waals surface area contributed by atoms with Crippen molar-refractivity contribution in [2.24, 2.45) is 0 Å². The maximum absolute atomic E-state index is 11.5. The zero-order chi connectivity index (χ0) is 9.97. The fourth-order valence-corrected chi connectivity index (χ4v) is 1.14. The number of rotatable bonds is 2. The van der Waals surface area contributed by atoms with E-state index in [0.29, 0.717) is 11.5 Å². The molecule has 72 valence electrons. The highest BCUT2D eigenvalue weighted by atomic mass is 16.1. The monoisotopic (exact) mass is 190 g/mol. The summed E-state index contributed by atoms with van der Waals surface area (Å²) in [5.74, 6) is 0.337. The Morgan fingerprint density at radius 3 is 3.00 bits per heavy atom. The van der Waals surface area contributed by atoms with Crippen molar-refractivity contribution in [2.45, 2.75) is 6.92 Å². The molecule has 14 heavy (non-hydrogen) atoms. The maximum Gasteiger partial charge on any atom is 0.273 e. The van der Waals surface area contributed by atoms with Gasteiger partial charge in [-0.15, -0.1) is 0 Å². The predicted molar refractivity (Wildman–Crippen MR) is 52.1 cm³/mol. The minimum absolute atomic E-state index is 0.193. The third-order valence-electron chi connectivity index (χ3n) is 1.79. The number of anilines is 1. The number of hydrogen-bond donors (Lipinski definition) is 3. The summed E-state index contributed by atoms with van der Waals surface area (Å²) in [7, 11) is 0. The molecule has 0 aliphatic carbocycles. The predicted octanol–water partition coefficient (Wildman–Crippen LogP) is 1.30. The van der Waals surface area contributed by atoms with Gasteiger partial charge < -0.3 is 10.3 Å². The highest BCUT2D eigenvalue weighted by Crippen LogP contribution is 2.05. The Labute approximate surface area is 80.5 Å². The molecular formula is C9H10N4O. The Balaban J connectivity index is 2.09. The molecule has 5 nitrogen and oxygen atoms in total. The highest BCUT2D eigenvalue weighted by molar-refractivity contribution is 6.02. The van der Waals surface area contributed by atoms with Crippen LogP contribution >= 0.6 is 0 Å². The molecule has 5 heteroatoms. The number of carbonyl (C=O) groups is 1. The first-order chi connectivity index (χ1) is 6.75. The lowest BCUT2D eigenvalue weighted by Gasteiger charge is -1.97. The van der Waals surface area contributed by atoms with Crippen molar-refractivity contribution in [3.63, 3.8) is 0 Å². The number of hydrogen-bond acceptors (Lipinski definition) is 2. The molecule has 2 aromatic rings. The van der Waals surface area contributed by atoms with E-state index in [1.807, 2.05) is 6.92 Å². The SMILES string of the molecule is Cc1cc(NC(=O)c2ccc[nH]2)n[nH]1. The van der Waals surface area contributed by atoms with Gasteiger partial charge in [-0.1, -0.05) is 0 Å². The molecule has 0 saturated heterocycles. The van der Waals surface area contributed by atoms with Crippen LogP contribution in [0.1, 0.15) is 16.2 Å². The molecule has 0 aliphatic heterocycles. The highest BCUT2D eigenvalue weighted by Gasteiger charge is 2.07. The molecule has 3 N–H and O–H groups in total. The van der Waals surface area contributed by atoms with Gasteiger partial charge in [0.05, 0.1) is 0 Å². The first kappa shape index (κ1) is 8.55. The number of aryl methyl sites for hydroxylation is 1. The van der Waals surface area contributed by atoms with Crippen molar-refractivity contribution in [3.05, 3.63) is 35.8 Å². The minimum Gasteiger partial charge on any atom is -0.357 e. The Morgan fingerprint density at radius 2 is 2.43 bits per heavy atom. The van der Waals surface area contributed by atoms with Crippen LogP contribution < -0.4 is 5.32 Å². The molecule has 0 saturated carbocycles. The lowest BCUT2D eigenvalue weighted by Crippen LogP contribution is -2.12. The van der Waals surface area contributed by atoms with E-state index in [9.17, 15) is 4.79 Å². The number of aromatic nitrogens is 3. The van der Waals surface area contributed by atoms with Crippen LogP contribution in [0.5, 0.6) is 0 Å². The number of nitrogens with one attached hydrogen (secondary N) is 3. The van der Waals surface area contributed by atoms with Gasteiger partial charge in [-0.2, -0.15) is 5.10 Å². The lowest BCUT2D eigenvalue weighted by atomic mass is 10.4. The van der Waals surface area contributed by atoms with E-state index in [4.69, 9.17) is 0 Å². The van der Waals surface area contributed by atoms with Crippen LogP contribution in [0.2, 0.25) is 0 Å². The number of aromatic amines is 2. The Morgan fingerprint density at radius 1 is 1.57 bits per heavy atom. The third-order valence-corrected chi connectivity index (χ3v) is 1.79. The van der Waals surface area contributed by atoms with E-state index in [1.165, 1.54) is 0 Å². The summed E-state index contributed by atoms with van der Waals surface area (Å²) in [4.78, 5) is 14.3. The summed E-state index contributed by atoms with van der Waals surface area (Å²) in [6.07, 6.45) is 1.70. The normalized spacial score (nSPS) is 10.1. The van der Waals surface area contributed by atoms with Crippen LogP contribution in [0.25, 0.3) is 0 Å². The van der Waals surface area contributed by atoms with Crippen LogP contribution in [-0.4, -0.2) is 21.1 Å². The van der Waals surface area contributed by atoms with Crippen molar-refractivity contribution in [1.29, 1.82) is 0 Å². The Kier molecular flexibility index (Phi) is 2.06. The molecule has 0 bridgehead atoms. The first-order valence-electron chi connectivity index (χ1n) is 4.22. The van der Waals surface area contributed by atoms with E-state index < -0.39 is 0 Å². The average Bonchev–Trinajstić information content (AvgIpc) is 2.75. The Bertz CT molecular complexity index is 429. The minimum atomic E-state index is -0.193. The van der Waals surface area contributed by atoms with E-state index in [1.54, 1.807) is 24.4 Å². The number of nitrogens with zero attached hydrogens (tertiary/aromatic N) is 1. The van der Waals surface area contributed by atoms with Crippen LogP contribution in [0.3, 0.4) is 0 Å². The van der Waals surface area contributed by atoms with Crippen molar-refractivity contribution in [3.8, 4) is 0 Å². The Hall–Kier alpha value is -2.04. The topological polar surface area (TPSA) is 73.6 Å². The third kappa shape index (κ3) is 1.66. The van der Waals surface area contributed by atoms with Gasteiger partial charge in [0.1, 0.15) is 5.69 Å². The largest absolute Gasteiger partial charge is 0.357 e. The molecule has 0 fully saturated rings. The number of amides is 1. The van der Waals surface area contributed by atoms with Crippen LogP contribution in [0.15, 0.2) is 24.4 Å². The van der Waals surface area contributed by atoms with E-state index >= 15 is 0 Å². The smallest absolute Gasteiger partial charge is 0.273 e. The van der Waals surface area contributed by atoms with Gasteiger partial charge in [0, 0.05) is 18.0 Å². The second-order valence-electron chi connectivity index (χ2n) is 2.97. The molecule has 0 unspecified atom stereocenters. The first-order valence-corrected chi connectivity index (χ1v) is 4.22. The van der Waals surface area contributed by atoms with Crippen molar-refractivity contribution in [1.82, 2.24) is 15.2 Å². The molecule has 2 rings (SSSR count). The van der Waals surface area contributed by atoms with Crippen molar-refractivity contribution in [2.75, 3.05) is 5.32 Å². The zero-order valence-electron chi connectivity index (χ0n) is 7.66. The van der Waals surface area contributed by atoms with Gasteiger partial charge in [-0.05, 0) is 19.1 Å². The quantitative estimate of drug-likeness (QED) is 0.667. The zero-order valence-corrected chi connectivity index (χ0v) is 7.66. The van der Waals surface area contributed by atoms with Gasteiger partial charge in [-0.3, -0.25) is 9.89 Å². The summed E-state index contributed by atoms with van der Waals surface area (Å²) in [6.45, 7) is 1.87. The van der Waals surface area contributed by atoms with Crippen molar-refractivity contribution < 1.29 is 4.79 Å². The molecule has 2 aromatic heterocycles. The molecule has 0 atom stereocenters. The summed E-state index contributed by atoms with van der Waals surface area (Å²) in [5.41, 5.74) is 1.43. The lowest BCUT2D eigenvalue weighted by molar-refractivity contribution is 0.102. The molecule has 1 amide bonds. The maximum atomic E-state index is 11.5. The van der Waals surface area contributed by atoms with Crippen LogP contribution in [0, 0.1) is 6.92 Å². The second-order valence-corrected chi connectivity index (χ2v) is 2.97. The molecule has 0 radical (unpaired) electrons. The molecule has 0 spiro atoms. The summed E-state index contributed by atoms with van der Waals surface area (Å²) in [5, 5.41) is 9.29. The number of H-pyrrole nitrogens is 2. The average molecular weight is 190 g/mol.